The lowest BCUT2D eigenvalue weighted by Gasteiger charge is -2.36. The van der Waals surface area contributed by atoms with Crippen LogP contribution < -0.4 is 4.74 Å². The Morgan fingerprint density at radius 1 is 1.19 bits per heavy atom. The second-order valence-electron chi connectivity index (χ2n) is 10.8. The molecular formula is C31H29ClF3N3O4. The van der Waals surface area contributed by atoms with Crippen molar-refractivity contribution in [3.63, 3.8) is 0 Å². The summed E-state index contributed by atoms with van der Waals surface area (Å²) in [6, 6.07) is 14.3. The lowest BCUT2D eigenvalue weighted by Crippen LogP contribution is -2.36. The minimum atomic E-state index is -4.57. The van der Waals surface area contributed by atoms with E-state index in [-0.39, 0.29) is 30.1 Å². The van der Waals surface area contributed by atoms with E-state index in [0.717, 1.165) is 23.3 Å². The highest BCUT2D eigenvalue weighted by Crippen LogP contribution is 2.42. The maximum atomic E-state index is 14.1. The molecule has 6 rings (SSSR count). The normalized spacial score (nSPS) is 19.0. The highest BCUT2D eigenvalue weighted by atomic mass is 35.5. The molecule has 0 unspecified atom stereocenters. The highest BCUT2D eigenvalue weighted by molar-refractivity contribution is 6.31. The first kappa shape index (κ1) is 28.5. The largest absolute Gasteiger partial charge is 0.488 e. The van der Waals surface area contributed by atoms with Crippen molar-refractivity contribution < 1.29 is 32.5 Å². The second-order valence-corrected chi connectivity index (χ2v) is 11.2. The molecule has 1 aromatic heterocycles. The number of halogens is 4. The van der Waals surface area contributed by atoms with Crippen LogP contribution in [0.25, 0.3) is 11.0 Å². The number of aromatic nitrogens is 2. The van der Waals surface area contributed by atoms with Crippen molar-refractivity contribution in [3.8, 4) is 5.75 Å². The number of nitrogens with zero attached hydrogens (tertiary/aromatic N) is 3. The molecule has 0 saturated carbocycles. The molecule has 2 aliphatic rings. The minimum absolute atomic E-state index is 0.0211. The number of carboxylic acid groups (broad SMARTS) is 1. The molecule has 1 fully saturated rings. The molecule has 11 heteroatoms. The van der Waals surface area contributed by atoms with Gasteiger partial charge in [-0.3, -0.25) is 4.90 Å². The Morgan fingerprint density at radius 2 is 1.98 bits per heavy atom. The molecule has 220 valence electrons. The molecule has 2 atom stereocenters. The van der Waals surface area contributed by atoms with Gasteiger partial charge in [-0.15, -0.1) is 0 Å². The van der Waals surface area contributed by atoms with Crippen LogP contribution in [0.4, 0.5) is 13.2 Å². The summed E-state index contributed by atoms with van der Waals surface area (Å²) in [5, 5.41) is 9.95. The number of hydrogen-bond donors (Lipinski definition) is 1. The van der Waals surface area contributed by atoms with Gasteiger partial charge < -0.3 is 19.1 Å². The SMILES string of the molecule is C[C@H]1c2cc(OCc3ccccc3Cl)c(C(F)(F)F)cc2CCN1Cc1nc2ccc(C(=O)O)cc2n1C[C@@H]1CCO1. The van der Waals surface area contributed by atoms with Crippen molar-refractivity contribution in [2.24, 2.45) is 0 Å². The van der Waals surface area contributed by atoms with E-state index in [1.807, 2.05) is 11.5 Å². The van der Waals surface area contributed by atoms with Gasteiger partial charge in [0, 0.05) is 29.8 Å². The third-order valence-corrected chi connectivity index (χ3v) is 8.52. The van der Waals surface area contributed by atoms with Crippen LogP contribution >= 0.6 is 11.6 Å². The van der Waals surface area contributed by atoms with Gasteiger partial charge in [0.05, 0.1) is 41.4 Å². The number of ether oxygens (including phenoxy) is 2. The van der Waals surface area contributed by atoms with Crippen LogP contribution in [0.15, 0.2) is 54.6 Å². The van der Waals surface area contributed by atoms with Crippen molar-refractivity contribution >= 4 is 28.6 Å². The summed E-state index contributed by atoms with van der Waals surface area (Å²) < 4.78 is 55.6. The molecule has 0 bridgehead atoms. The third-order valence-electron chi connectivity index (χ3n) is 8.15. The quantitative estimate of drug-likeness (QED) is 0.238. The number of carboxylic acids is 1. The number of rotatable bonds is 8. The Labute approximate surface area is 245 Å². The van der Waals surface area contributed by atoms with E-state index >= 15 is 0 Å². The lowest BCUT2D eigenvalue weighted by molar-refractivity contribution is -0.139. The van der Waals surface area contributed by atoms with Crippen molar-refractivity contribution in [3.05, 3.63) is 93.3 Å². The molecule has 4 aromatic rings. The van der Waals surface area contributed by atoms with E-state index in [2.05, 4.69) is 4.90 Å². The molecule has 1 saturated heterocycles. The van der Waals surface area contributed by atoms with E-state index < -0.39 is 17.7 Å². The van der Waals surface area contributed by atoms with E-state index in [1.165, 1.54) is 18.2 Å². The van der Waals surface area contributed by atoms with E-state index in [0.29, 0.717) is 54.3 Å². The molecule has 3 aromatic carbocycles. The number of benzene rings is 3. The van der Waals surface area contributed by atoms with Gasteiger partial charge in [0.1, 0.15) is 18.2 Å². The monoisotopic (exact) mass is 599 g/mol. The van der Waals surface area contributed by atoms with Gasteiger partial charge in [-0.05, 0) is 67.3 Å². The predicted octanol–water partition coefficient (Wildman–Crippen LogP) is 6.89. The minimum Gasteiger partial charge on any atom is -0.488 e. The number of hydrogen-bond acceptors (Lipinski definition) is 5. The summed E-state index contributed by atoms with van der Waals surface area (Å²) in [6.45, 7) is 4.07. The average molecular weight is 600 g/mol. The van der Waals surface area contributed by atoms with Gasteiger partial charge in [0.2, 0.25) is 0 Å². The fourth-order valence-electron chi connectivity index (χ4n) is 5.67. The van der Waals surface area contributed by atoms with Crippen LogP contribution in [0, 0.1) is 0 Å². The molecule has 2 aliphatic heterocycles. The number of aromatic carboxylic acids is 1. The maximum Gasteiger partial charge on any atom is 0.419 e. The summed E-state index contributed by atoms with van der Waals surface area (Å²) in [5.41, 5.74) is 2.78. The van der Waals surface area contributed by atoms with Crippen molar-refractivity contribution in [1.29, 1.82) is 0 Å². The first-order valence-corrected chi connectivity index (χ1v) is 14.1. The van der Waals surface area contributed by atoms with E-state index in [9.17, 15) is 23.1 Å². The zero-order valence-corrected chi connectivity index (χ0v) is 23.6. The Bertz CT molecular complexity index is 1650. The van der Waals surface area contributed by atoms with Crippen molar-refractivity contribution in [2.75, 3.05) is 13.2 Å². The Morgan fingerprint density at radius 3 is 2.67 bits per heavy atom. The smallest absolute Gasteiger partial charge is 0.419 e. The van der Waals surface area contributed by atoms with Crippen LogP contribution in [0.1, 0.15) is 57.8 Å². The lowest BCUT2D eigenvalue weighted by atomic mass is 9.91. The van der Waals surface area contributed by atoms with Crippen LogP contribution in [-0.2, 0) is 37.0 Å². The number of fused-ring (bicyclic) bond motifs is 2. The van der Waals surface area contributed by atoms with Gasteiger partial charge in [-0.25, -0.2) is 9.78 Å². The summed E-state index contributed by atoms with van der Waals surface area (Å²) in [4.78, 5) is 18.6. The summed E-state index contributed by atoms with van der Waals surface area (Å²) >= 11 is 6.21. The first-order chi connectivity index (χ1) is 20.1. The van der Waals surface area contributed by atoms with Crippen LogP contribution in [-0.4, -0.2) is 44.8 Å². The molecule has 42 heavy (non-hydrogen) atoms. The molecular weight excluding hydrogens is 571 g/mol. The predicted molar refractivity (Wildman–Crippen MR) is 151 cm³/mol. The van der Waals surface area contributed by atoms with Gasteiger partial charge in [-0.2, -0.15) is 13.2 Å². The molecule has 0 spiro atoms. The van der Waals surface area contributed by atoms with Gasteiger partial charge in [-0.1, -0.05) is 29.8 Å². The maximum absolute atomic E-state index is 14.1. The molecule has 0 aliphatic carbocycles. The number of alkyl halides is 3. The fraction of sp³-hybridized carbons (Fsp3) is 0.355. The fourth-order valence-corrected chi connectivity index (χ4v) is 5.86. The molecule has 3 heterocycles. The first-order valence-electron chi connectivity index (χ1n) is 13.8. The summed E-state index contributed by atoms with van der Waals surface area (Å²) in [6.07, 6.45) is -3.21. The molecule has 1 N–H and O–H groups in total. The van der Waals surface area contributed by atoms with Gasteiger partial charge in [0.25, 0.3) is 0 Å². The molecule has 0 amide bonds. The third kappa shape index (κ3) is 5.58. The number of imidazole rings is 1. The Kier molecular flexibility index (Phi) is 7.63. The summed E-state index contributed by atoms with van der Waals surface area (Å²) in [5.74, 6) is -0.496. The Balaban J connectivity index is 1.31. The average Bonchev–Trinajstić information content (AvgIpc) is 3.27. The highest BCUT2D eigenvalue weighted by Gasteiger charge is 2.37. The zero-order chi connectivity index (χ0) is 29.6. The van der Waals surface area contributed by atoms with E-state index in [4.69, 9.17) is 26.1 Å². The zero-order valence-electron chi connectivity index (χ0n) is 22.8. The van der Waals surface area contributed by atoms with E-state index in [1.54, 1.807) is 36.4 Å². The topological polar surface area (TPSA) is 76.8 Å². The second kappa shape index (κ2) is 11.2. The van der Waals surface area contributed by atoms with Gasteiger partial charge in [0.15, 0.2) is 0 Å². The number of carbonyl (C=O) groups is 1. The van der Waals surface area contributed by atoms with Crippen molar-refractivity contribution in [2.45, 2.75) is 57.8 Å². The van der Waals surface area contributed by atoms with Crippen LogP contribution in [0.2, 0.25) is 5.02 Å². The van der Waals surface area contributed by atoms with Crippen LogP contribution in [0.3, 0.4) is 0 Å². The molecule has 0 radical (unpaired) electrons. The summed E-state index contributed by atoms with van der Waals surface area (Å²) in [7, 11) is 0. The van der Waals surface area contributed by atoms with Crippen LogP contribution in [0.5, 0.6) is 5.75 Å². The standard InChI is InChI=1S/C31H29ClF3N3O4/c1-18-23-14-28(42-17-21-4-2-3-5-25(21)32)24(31(33,34)35)12-19(23)8-10-37(18)16-29-36-26-7-6-20(30(39)40)13-27(26)38(29)15-22-9-11-41-22/h2-7,12-14,18,22H,8-11,15-17H2,1H3,(H,39,40)/t18-,22-/m0/s1. The van der Waals surface area contributed by atoms with Gasteiger partial charge >= 0.3 is 12.1 Å². The Hall–Kier alpha value is -3.60. The van der Waals surface area contributed by atoms with Crippen molar-refractivity contribution in [1.82, 2.24) is 14.5 Å². The molecule has 7 nitrogen and oxygen atoms in total.